The number of nitrogens with zero attached hydrogens (tertiary/aromatic N) is 5. The average molecular weight is 365 g/mol. The summed E-state index contributed by atoms with van der Waals surface area (Å²) in [5, 5.41) is 12.0. The van der Waals surface area contributed by atoms with Crippen LogP contribution in [0.5, 0.6) is 5.88 Å². The predicted molar refractivity (Wildman–Crippen MR) is 96.1 cm³/mol. The van der Waals surface area contributed by atoms with Crippen molar-refractivity contribution in [1.82, 2.24) is 25.2 Å². The van der Waals surface area contributed by atoms with E-state index in [9.17, 15) is 4.79 Å². The summed E-state index contributed by atoms with van der Waals surface area (Å²) in [5.74, 6) is 0.823. The van der Waals surface area contributed by atoms with Crippen LogP contribution in [0.25, 0.3) is 11.3 Å². The van der Waals surface area contributed by atoms with Crippen molar-refractivity contribution in [3.8, 4) is 17.2 Å². The van der Waals surface area contributed by atoms with E-state index in [1.807, 2.05) is 19.1 Å². The fourth-order valence-electron chi connectivity index (χ4n) is 3.02. The monoisotopic (exact) mass is 365 g/mol. The minimum absolute atomic E-state index is 0.121. The number of amides is 1. The van der Waals surface area contributed by atoms with Crippen molar-refractivity contribution in [2.24, 2.45) is 0 Å². The first-order chi connectivity index (χ1) is 13.2. The molecule has 1 aliphatic heterocycles. The SMILES string of the molecule is Cc1ccc(OC2CCCN(C(=O)c3cc(-c4cccnc4)on3)C2)nn1. The summed E-state index contributed by atoms with van der Waals surface area (Å²) in [7, 11) is 0. The molecule has 1 atom stereocenters. The van der Waals surface area contributed by atoms with Gasteiger partial charge in [-0.15, -0.1) is 5.10 Å². The summed E-state index contributed by atoms with van der Waals surface area (Å²) in [4.78, 5) is 18.6. The van der Waals surface area contributed by atoms with Crippen LogP contribution in [0.1, 0.15) is 29.0 Å². The number of aryl methyl sites for hydroxylation is 1. The summed E-state index contributed by atoms with van der Waals surface area (Å²) in [6, 6.07) is 8.95. The molecule has 0 N–H and O–H groups in total. The van der Waals surface area contributed by atoms with Gasteiger partial charge in [0.25, 0.3) is 5.91 Å². The van der Waals surface area contributed by atoms with E-state index in [1.165, 1.54) is 0 Å². The fraction of sp³-hybridized carbons (Fsp3) is 0.316. The Kier molecular flexibility index (Phi) is 4.78. The van der Waals surface area contributed by atoms with Gasteiger partial charge in [-0.25, -0.2) is 0 Å². The van der Waals surface area contributed by atoms with Gasteiger partial charge in [-0.1, -0.05) is 5.16 Å². The second-order valence-electron chi connectivity index (χ2n) is 6.46. The van der Waals surface area contributed by atoms with Crippen molar-refractivity contribution in [3.05, 3.63) is 54.1 Å². The topological polar surface area (TPSA) is 94.2 Å². The summed E-state index contributed by atoms with van der Waals surface area (Å²) in [6.45, 7) is 3.01. The van der Waals surface area contributed by atoms with Crippen LogP contribution in [0.2, 0.25) is 0 Å². The molecule has 4 heterocycles. The molecule has 1 fully saturated rings. The van der Waals surface area contributed by atoms with Gasteiger partial charge in [0.2, 0.25) is 5.88 Å². The Hall–Kier alpha value is -3.29. The van der Waals surface area contributed by atoms with Crippen LogP contribution in [0.3, 0.4) is 0 Å². The number of rotatable bonds is 4. The molecule has 0 radical (unpaired) electrons. The van der Waals surface area contributed by atoms with Crippen molar-refractivity contribution in [2.45, 2.75) is 25.9 Å². The first kappa shape index (κ1) is 17.1. The molecule has 0 aliphatic carbocycles. The molecule has 0 spiro atoms. The normalized spacial score (nSPS) is 16.9. The van der Waals surface area contributed by atoms with E-state index >= 15 is 0 Å². The number of piperidine rings is 1. The first-order valence-electron chi connectivity index (χ1n) is 8.82. The smallest absolute Gasteiger partial charge is 0.276 e. The van der Waals surface area contributed by atoms with E-state index in [0.717, 1.165) is 24.1 Å². The van der Waals surface area contributed by atoms with Gasteiger partial charge >= 0.3 is 0 Å². The first-order valence-corrected chi connectivity index (χ1v) is 8.82. The summed E-state index contributed by atoms with van der Waals surface area (Å²) in [5.41, 5.74) is 1.89. The lowest BCUT2D eigenvalue weighted by Gasteiger charge is -2.32. The molecule has 3 aromatic heterocycles. The molecule has 4 rings (SSSR count). The summed E-state index contributed by atoms with van der Waals surface area (Å²) < 4.78 is 11.2. The lowest BCUT2D eigenvalue weighted by Crippen LogP contribution is -2.44. The highest BCUT2D eigenvalue weighted by molar-refractivity contribution is 5.93. The Morgan fingerprint density at radius 2 is 2.22 bits per heavy atom. The van der Waals surface area contributed by atoms with E-state index in [4.69, 9.17) is 9.26 Å². The number of ether oxygens (including phenoxy) is 1. The molecule has 1 saturated heterocycles. The van der Waals surface area contributed by atoms with Crippen LogP contribution in [-0.4, -0.2) is 50.3 Å². The maximum atomic E-state index is 12.8. The molecule has 138 valence electrons. The molecule has 1 aliphatic rings. The molecule has 1 unspecified atom stereocenters. The van der Waals surface area contributed by atoms with Crippen LogP contribution in [0.15, 0.2) is 47.2 Å². The van der Waals surface area contributed by atoms with Gasteiger partial charge in [-0.3, -0.25) is 9.78 Å². The number of likely N-dealkylation sites (tertiary alicyclic amines) is 1. The Morgan fingerprint density at radius 3 is 3.00 bits per heavy atom. The third kappa shape index (κ3) is 3.94. The van der Waals surface area contributed by atoms with Crippen LogP contribution in [-0.2, 0) is 0 Å². The maximum absolute atomic E-state index is 12.8. The Balaban J connectivity index is 1.43. The number of carbonyl (C=O) groups excluding carboxylic acids is 1. The molecule has 8 nitrogen and oxygen atoms in total. The zero-order valence-electron chi connectivity index (χ0n) is 14.9. The van der Waals surface area contributed by atoms with E-state index in [0.29, 0.717) is 24.7 Å². The molecule has 3 aromatic rings. The van der Waals surface area contributed by atoms with E-state index in [-0.39, 0.29) is 17.7 Å². The third-order valence-electron chi connectivity index (χ3n) is 4.40. The molecule has 1 amide bonds. The van der Waals surface area contributed by atoms with Crippen LogP contribution >= 0.6 is 0 Å². The molecular weight excluding hydrogens is 346 g/mol. The van der Waals surface area contributed by atoms with Crippen molar-refractivity contribution < 1.29 is 14.1 Å². The minimum atomic E-state index is -0.169. The van der Waals surface area contributed by atoms with E-state index in [2.05, 4.69) is 20.3 Å². The summed E-state index contributed by atoms with van der Waals surface area (Å²) >= 11 is 0. The van der Waals surface area contributed by atoms with E-state index < -0.39 is 0 Å². The summed E-state index contributed by atoms with van der Waals surface area (Å²) in [6.07, 6.45) is 4.94. The maximum Gasteiger partial charge on any atom is 0.276 e. The van der Waals surface area contributed by atoms with Gasteiger partial charge in [0.1, 0.15) is 6.10 Å². The zero-order chi connectivity index (χ0) is 18.6. The van der Waals surface area contributed by atoms with Gasteiger partial charge in [0, 0.05) is 36.6 Å². The lowest BCUT2D eigenvalue weighted by atomic mass is 10.1. The number of aromatic nitrogens is 4. The Labute approximate surface area is 156 Å². The van der Waals surface area contributed by atoms with Gasteiger partial charge < -0.3 is 14.2 Å². The van der Waals surface area contributed by atoms with Gasteiger partial charge in [0.15, 0.2) is 11.5 Å². The highest BCUT2D eigenvalue weighted by Crippen LogP contribution is 2.22. The van der Waals surface area contributed by atoms with Gasteiger partial charge in [-0.2, -0.15) is 5.10 Å². The fourth-order valence-corrected chi connectivity index (χ4v) is 3.02. The third-order valence-corrected chi connectivity index (χ3v) is 4.40. The molecule has 0 bridgehead atoms. The van der Waals surface area contributed by atoms with Crippen molar-refractivity contribution in [3.63, 3.8) is 0 Å². The standard InChI is InChI=1S/C19H19N5O3/c1-13-6-7-18(22-21-13)26-15-5-3-9-24(12-15)19(25)16-10-17(27-23-16)14-4-2-8-20-11-14/h2,4,6-8,10-11,15H,3,5,9,12H2,1H3. The quantitative estimate of drug-likeness (QED) is 0.701. The number of hydrogen-bond donors (Lipinski definition) is 0. The molecule has 8 heteroatoms. The number of hydrogen-bond acceptors (Lipinski definition) is 7. The highest BCUT2D eigenvalue weighted by atomic mass is 16.5. The second kappa shape index (κ2) is 7.53. The van der Waals surface area contributed by atoms with Crippen molar-refractivity contribution in [2.75, 3.05) is 13.1 Å². The highest BCUT2D eigenvalue weighted by Gasteiger charge is 2.28. The average Bonchev–Trinajstić information content (AvgIpc) is 3.20. The van der Waals surface area contributed by atoms with E-state index in [1.54, 1.807) is 35.5 Å². The lowest BCUT2D eigenvalue weighted by molar-refractivity contribution is 0.0516. The molecule has 0 aromatic carbocycles. The van der Waals surface area contributed by atoms with Crippen LogP contribution in [0.4, 0.5) is 0 Å². The Morgan fingerprint density at radius 1 is 1.30 bits per heavy atom. The van der Waals surface area contributed by atoms with Gasteiger partial charge in [-0.05, 0) is 38.0 Å². The van der Waals surface area contributed by atoms with Crippen molar-refractivity contribution >= 4 is 5.91 Å². The Bertz CT molecular complexity index is 911. The number of carbonyl (C=O) groups is 1. The van der Waals surface area contributed by atoms with Crippen molar-refractivity contribution in [1.29, 1.82) is 0 Å². The van der Waals surface area contributed by atoms with Crippen LogP contribution < -0.4 is 4.74 Å². The van der Waals surface area contributed by atoms with Crippen LogP contribution in [0, 0.1) is 6.92 Å². The second-order valence-corrected chi connectivity index (χ2v) is 6.46. The number of pyridine rings is 1. The molecule has 0 saturated carbocycles. The zero-order valence-corrected chi connectivity index (χ0v) is 14.9. The minimum Gasteiger partial charge on any atom is -0.471 e. The molecule has 27 heavy (non-hydrogen) atoms. The van der Waals surface area contributed by atoms with Gasteiger partial charge in [0.05, 0.1) is 12.2 Å². The largest absolute Gasteiger partial charge is 0.471 e. The molecular formula is C19H19N5O3. The predicted octanol–water partition coefficient (Wildman–Crippen LogP) is 2.52.